The van der Waals surface area contributed by atoms with Crippen LogP contribution in [0.25, 0.3) is 0 Å². The van der Waals surface area contributed by atoms with Gasteiger partial charge in [0.15, 0.2) is 0 Å². The van der Waals surface area contributed by atoms with Crippen molar-refractivity contribution in [3.8, 4) is 11.5 Å². The van der Waals surface area contributed by atoms with Gasteiger partial charge < -0.3 is 14.2 Å². The van der Waals surface area contributed by atoms with Crippen LogP contribution < -0.4 is 9.47 Å². The maximum atomic E-state index is 6.30. The summed E-state index contributed by atoms with van der Waals surface area (Å²) in [6.07, 6.45) is 11.6. The highest BCUT2D eigenvalue weighted by molar-refractivity contribution is 5.43. The quantitative estimate of drug-likeness (QED) is 0.457. The van der Waals surface area contributed by atoms with Gasteiger partial charge in [-0.05, 0) is 37.3 Å². The third kappa shape index (κ3) is 5.16. The van der Waals surface area contributed by atoms with Crippen LogP contribution in [-0.2, 0) is 4.74 Å². The van der Waals surface area contributed by atoms with Crippen molar-refractivity contribution >= 4 is 0 Å². The summed E-state index contributed by atoms with van der Waals surface area (Å²) in [5, 5.41) is 0. The molecule has 1 fully saturated rings. The molecule has 1 aromatic carbocycles. The summed E-state index contributed by atoms with van der Waals surface area (Å²) in [5.41, 5.74) is 1.21. The average molecular weight is 361 g/mol. The second kappa shape index (κ2) is 10.2. The van der Waals surface area contributed by atoms with Gasteiger partial charge in [-0.3, -0.25) is 0 Å². The van der Waals surface area contributed by atoms with E-state index >= 15 is 0 Å². The Kier molecular flexibility index (Phi) is 7.67. The van der Waals surface area contributed by atoms with E-state index in [9.17, 15) is 0 Å². The molecular weight excluding hydrogens is 324 g/mol. The molecule has 0 aliphatic carbocycles. The van der Waals surface area contributed by atoms with Crippen molar-refractivity contribution in [2.45, 2.75) is 77.7 Å². The second-order valence-electron chi connectivity index (χ2n) is 8.03. The van der Waals surface area contributed by atoms with Gasteiger partial charge in [-0.15, -0.1) is 0 Å². The molecule has 0 radical (unpaired) electrons. The van der Waals surface area contributed by atoms with Crippen LogP contribution >= 0.6 is 0 Å². The Morgan fingerprint density at radius 2 is 1.85 bits per heavy atom. The van der Waals surface area contributed by atoms with E-state index < -0.39 is 0 Å². The lowest BCUT2D eigenvalue weighted by Crippen LogP contribution is -2.35. The third-order valence-electron chi connectivity index (χ3n) is 5.80. The van der Waals surface area contributed by atoms with Crippen LogP contribution in [0.15, 0.2) is 18.2 Å². The lowest BCUT2D eigenvalue weighted by molar-refractivity contribution is -0.0836. The number of hydrogen-bond acceptors (Lipinski definition) is 3. The summed E-state index contributed by atoms with van der Waals surface area (Å²) >= 11 is 0. The van der Waals surface area contributed by atoms with Gasteiger partial charge in [0.1, 0.15) is 11.5 Å². The van der Waals surface area contributed by atoms with Crippen LogP contribution in [0.3, 0.4) is 0 Å². The zero-order valence-electron chi connectivity index (χ0n) is 16.7. The summed E-state index contributed by atoms with van der Waals surface area (Å²) in [5.74, 6) is 3.09. The van der Waals surface area contributed by atoms with Crippen molar-refractivity contribution in [3.05, 3.63) is 23.8 Å². The monoisotopic (exact) mass is 360 g/mol. The highest BCUT2D eigenvalue weighted by Crippen LogP contribution is 2.45. The molecule has 0 saturated carbocycles. The maximum absolute atomic E-state index is 6.30. The number of benzene rings is 1. The molecule has 26 heavy (non-hydrogen) atoms. The van der Waals surface area contributed by atoms with E-state index in [0.717, 1.165) is 37.7 Å². The van der Waals surface area contributed by atoms with E-state index in [0.29, 0.717) is 11.8 Å². The predicted octanol–water partition coefficient (Wildman–Crippen LogP) is 6.31. The van der Waals surface area contributed by atoms with Crippen LogP contribution in [0.2, 0.25) is 0 Å². The van der Waals surface area contributed by atoms with E-state index in [1.54, 1.807) is 0 Å². The molecule has 3 heteroatoms. The Labute approximate surface area is 159 Å². The molecule has 1 aromatic rings. The normalized spacial score (nSPS) is 24.5. The van der Waals surface area contributed by atoms with Gasteiger partial charge in [-0.1, -0.05) is 52.4 Å². The van der Waals surface area contributed by atoms with Crippen molar-refractivity contribution in [1.29, 1.82) is 0 Å². The number of ether oxygens (including phenoxy) is 3. The third-order valence-corrected chi connectivity index (χ3v) is 5.80. The molecule has 2 aliphatic rings. The number of fused-ring (bicyclic) bond motifs is 3. The highest BCUT2D eigenvalue weighted by Gasteiger charge is 2.37. The summed E-state index contributed by atoms with van der Waals surface area (Å²) in [6, 6.07) is 6.30. The van der Waals surface area contributed by atoms with Crippen molar-refractivity contribution in [3.63, 3.8) is 0 Å². The van der Waals surface area contributed by atoms with E-state index in [4.69, 9.17) is 14.2 Å². The average Bonchev–Trinajstić information content (AvgIpc) is 2.67. The van der Waals surface area contributed by atoms with Crippen LogP contribution in [0.4, 0.5) is 0 Å². The Bertz CT molecular complexity index is 542. The van der Waals surface area contributed by atoms with Gasteiger partial charge in [-0.2, -0.15) is 0 Å². The Hall–Kier alpha value is -1.22. The lowest BCUT2D eigenvalue weighted by Gasteiger charge is -2.40. The number of unbranched alkanes of at least 4 members (excludes halogenated alkanes) is 5. The first kappa shape index (κ1) is 19.5. The Morgan fingerprint density at radius 3 is 2.69 bits per heavy atom. The molecule has 2 heterocycles. The van der Waals surface area contributed by atoms with Gasteiger partial charge in [0.05, 0.1) is 25.9 Å². The van der Waals surface area contributed by atoms with E-state index in [1.165, 1.54) is 56.9 Å². The molecule has 0 amide bonds. The van der Waals surface area contributed by atoms with E-state index in [2.05, 4.69) is 32.0 Å². The minimum atomic E-state index is 0.208. The molecule has 3 nitrogen and oxygen atoms in total. The topological polar surface area (TPSA) is 27.7 Å². The van der Waals surface area contributed by atoms with Crippen LogP contribution in [0.5, 0.6) is 11.5 Å². The molecule has 0 unspecified atom stereocenters. The summed E-state index contributed by atoms with van der Waals surface area (Å²) in [7, 11) is 0. The smallest absolute Gasteiger partial charge is 0.128 e. The van der Waals surface area contributed by atoms with Gasteiger partial charge in [0.25, 0.3) is 0 Å². The first-order chi connectivity index (χ1) is 12.8. The van der Waals surface area contributed by atoms with Gasteiger partial charge in [-0.25, -0.2) is 0 Å². The summed E-state index contributed by atoms with van der Waals surface area (Å²) < 4.78 is 18.3. The van der Waals surface area contributed by atoms with Crippen molar-refractivity contribution in [1.82, 2.24) is 0 Å². The van der Waals surface area contributed by atoms with Crippen LogP contribution in [-0.4, -0.2) is 19.8 Å². The van der Waals surface area contributed by atoms with Crippen molar-refractivity contribution in [2.24, 2.45) is 11.8 Å². The Balaban J connectivity index is 1.52. The fraction of sp³-hybridized carbons (Fsp3) is 0.739. The molecule has 0 N–H and O–H groups in total. The number of hydrogen-bond donors (Lipinski definition) is 0. The van der Waals surface area contributed by atoms with Crippen LogP contribution in [0.1, 0.15) is 83.3 Å². The minimum absolute atomic E-state index is 0.208. The van der Waals surface area contributed by atoms with Crippen LogP contribution in [0, 0.1) is 11.8 Å². The largest absolute Gasteiger partial charge is 0.493 e. The van der Waals surface area contributed by atoms with Gasteiger partial charge in [0, 0.05) is 17.5 Å². The molecule has 0 bridgehead atoms. The van der Waals surface area contributed by atoms with E-state index in [-0.39, 0.29) is 6.10 Å². The zero-order valence-corrected chi connectivity index (χ0v) is 16.7. The molecule has 0 spiro atoms. The SMILES string of the molecule is CCCCCCOc1ccc2c(c1)OC[C@@H]1C[C@H](CCCCC)CO[C@@H]21. The van der Waals surface area contributed by atoms with Gasteiger partial charge in [0.2, 0.25) is 0 Å². The van der Waals surface area contributed by atoms with Gasteiger partial charge >= 0.3 is 0 Å². The first-order valence-electron chi connectivity index (χ1n) is 10.8. The lowest BCUT2D eigenvalue weighted by atomic mass is 9.81. The fourth-order valence-electron chi connectivity index (χ4n) is 4.26. The van der Waals surface area contributed by atoms with E-state index in [1.807, 2.05) is 0 Å². The van der Waals surface area contributed by atoms with Crippen molar-refractivity contribution in [2.75, 3.05) is 19.8 Å². The zero-order chi connectivity index (χ0) is 18.2. The summed E-state index contributed by atoms with van der Waals surface area (Å²) in [6.45, 7) is 6.97. The minimum Gasteiger partial charge on any atom is -0.493 e. The molecule has 2 aliphatic heterocycles. The molecule has 3 atom stereocenters. The summed E-state index contributed by atoms with van der Waals surface area (Å²) in [4.78, 5) is 0. The predicted molar refractivity (Wildman–Crippen MR) is 106 cm³/mol. The standard InChI is InChI=1S/C23H36O3/c1-3-5-7-9-13-24-20-11-12-21-22(15-20)25-17-19-14-18(10-8-6-4-2)16-26-23(19)21/h11-12,15,18-19,23H,3-10,13-14,16-17H2,1-2H3/t18-,19-,23+/m0/s1. The molecule has 1 saturated heterocycles. The number of rotatable bonds is 10. The van der Waals surface area contributed by atoms with Crippen molar-refractivity contribution < 1.29 is 14.2 Å². The molecule has 3 rings (SSSR count). The first-order valence-corrected chi connectivity index (χ1v) is 10.8. The highest BCUT2D eigenvalue weighted by atomic mass is 16.5. The second-order valence-corrected chi connectivity index (χ2v) is 8.03. The Morgan fingerprint density at radius 1 is 1.00 bits per heavy atom. The fourth-order valence-corrected chi connectivity index (χ4v) is 4.26. The maximum Gasteiger partial charge on any atom is 0.128 e. The molecule has 146 valence electrons. The molecule has 0 aromatic heterocycles. The molecular formula is C23H36O3.